The van der Waals surface area contributed by atoms with Gasteiger partial charge in [-0.05, 0) is 25.0 Å². The molecule has 0 radical (unpaired) electrons. The number of rotatable bonds is 3. The third-order valence-electron chi connectivity index (χ3n) is 5.08. The number of hydrogen-bond acceptors (Lipinski definition) is 5. The summed E-state index contributed by atoms with van der Waals surface area (Å²) in [6.45, 7) is 5.45. The summed E-state index contributed by atoms with van der Waals surface area (Å²) in [5.41, 5.74) is 0.360. The predicted octanol–water partition coefficient (Wildman–Crippen LogP) is 1.51. The van der Waals surface area contributed by atoms with Crippen molar-refractivity contribution in [1.82, 2.24) is 19.8 Å². The number of amides is 1. The van der Waals surface area contributed by atoms with Crippen LogP contribution in [-0.4, -0.2) is 71.5 Å². The molecule has 2 fully saturated rings. The smallest absolute Gasteiger partial charge is 0.236 e. The molecule has 132 valence electrons. The Bertz CT molecular complexity index is 769. The number of fused-ring (bicyclic) bond motifs is 1. The van der Waals surface area contributed by atoms with Gasteiger partial charge in [-0.1, -0.05) is 6.07 Å². The summed E-state index contributed by atoms with van der Waals surface area (Å²) in [5.74, 6) is 0.687. The summed E-state index contributed by atoms with van der Waals surface area (Å²) >= 11 is 0. The highest BCUT2D eigenvalue weighted by atomic mass is 19.1. The van der Waals surface area contributed by atoms with Gasteiger partial charge < -0.3 is 9.80 Å². The molecule has 25 heavy (non-hydrogen) atoms. The van der Waals surface area contributed by atoms with E-state index in [0.717, 1.165) is 63.3 Å². The normalized spacial score (nSPS) is 18.9. The minimum absolute atomic E-state index is 0.237. The van der Waals surface area contributed by atoms with Gasteiger partial charge in [0.05, 0.1) is 6.54 Å². The van der Waals surface area contributed by atoms with Crippen LogP contribution in [0.3, 0.4) is 0 Å². The summed E-state index contributed by atoms with van der Waals surface area (Å²) in [4.78, 5) is 27.0. The van der Waals surface area contributed by atoms with E-state index < -0.39 is 0 Å². The number of para-hydroxylation sites is 1. The second kappa shape index (κ2) is 6.92. The van der Waals surface area contributed by atoms with Crippen LogP contribution in [0.4, 0.5) is 10.2 Å². The molecule has 2 aliphatic heterocycles. The molecule has 0 spiro atoms. The minimum Gasteiger partial charge on any atom is -0.353 e. The van der Waals surface area contributed by atoms with Crippen LogP contribution in [0.15, 0.2) is 24.5 Å². The maximum Gasteiger partial charge on any atom is 0.236 e. The number of carbonyl (C=O) groups excluding carboxylic acids is 1. The Morgan fingerprint density at radius 1 is 1.04 bits per heavy atom. The van der Waals surface area contributed by atoms with Crippen molar-refractivity contribution >= 4 is 22.6 Å². The van der Waals surface area contributed by atoms with E-state index in [1.165, 1.54) is 12.4 Å². The number of aromatic nitrogens is 2. The number of hydrogen-bond donors (Lipinski definition) is 0. The lowest BCUT2D eigenvalue weighted by Gasteiger charge is -2.36. The quantitative estimate of drug-likeness (QED) is 0.846. The van der Waals surface area contributed by atoms with Crippen LogP contribution < -0.4 is 4.90 Å². The second-order valence-electron chi connectivity index (χ2n) is 6.68. The third kappa shape index (κ3) is 3.28. The zero-order chi connectivity index (χ0) is 17.2. The fourth-order valence-electron chi connectivity index (χ4n) is 3.67. The van der Waals surface area contributed by atoms with Gasteiger partial charge in [-0.15, -0.1) is 0 Å². The molecule has 1 amide bonds. The molecular formula is C18H22FN5O. The first kappa shape index (κ1) is 16.2. The number of halogens is 1. The van der Waals surface area contributed by atoms with E-state index >= 15 is 0 Å². The van der Waals surface area contributed by atoms with Crippen LogP contribution in [-0.2, 0) is 4.79 Å². The van der Waals surface area contributed by atoms with Crippen LogP contribution in [0.25, 0.3) is 10.9 Å². The number of anilines is 1. The molecule has 0 atom stereocenters. The molecule has 0 saturated carbocycles. The topological polar surface area (TPSA) is 52.6 Å². The molecule has 1 aromatic heterocycles. The Kier molecular flexibility index (Phi) is 4.48. The van der Waals surface area contributed by atoms with Crippen LogP contribution >= 0.6 is 0 Å². The molecule has 2 aromatic rings. The summed E-state index contributed by atoms with van der Waals surface area (Å²) in [6.07, 6.45) is 3.66. The predicted molar refractivity (Wildman–Crippen MR) is 94.0 cm³/mol. The van der Waals surface area contributed by atoms with Crippen LogP contribution in [0.1, 0.15) is 12.8 Å². The van der Waals surface area contributed by atoms with Gasteiger partial charge in [-0.25, -0.2) is 14.4 Å². The average molecular weight is 343 g/mol. The van der Waals surface area contributed by atoms with Crippen molar-refractivity contribution in [3.63, 3.8) is 0 Å². The van der Waals surface area contributed by atoms with E-state index in [2.05, 4.69) is 19.8 Å². The Morgan fingerprint density at radius 2 is 1.80 bits per heavy atom. The monoisotopic (exact) mass is 343 g/mol. The van der Waals surface area contributed by atoms with E-state index in [-0.39, 0.29) is 11.7 Å². The highest BCUT2D eigenvalue weighted by molar-refractivity contribution is 5.89. The van der Waals surface area contributed by atoms with E-state index in [4.69, 9.17) is 0 Å². The SMILES string of the molecule is O=C(CN1CCN(c2ncnc3c(F)cccc23)CC1)N1CCCC1. The van der Waals surface area contributed by atoms with Gasteiger partial charge in [0.25, 0.3) is 0 Å². The van der Waals surface area contributed by atoms with Crippen molar-refractivity contribution in [2.75, 3.05) is 50.7 Å². The molecule has 0 unspecified atom stereocenters. The number of nitrogens with zero attached hydrogens (tertiary/aromatic N) is 5. The molecule has 0 aliphatic carbocycles. The van der Waals surface area contributed by atoms with Crippen LogP contribution in [0.2, 0.25) is 0 Å². The highest BCUT2D eigenvalue weighted by Crippen LogP contribution is 2.25. The van der Waals surface area contributed by atoms with E-state index in [0.29, 0.717) is 12.1 Å². The van der Waals surface area contributed by atoms with Crippen molar-refractivity contribution in [2.24, 2.45) is 0 Å². The van der Waals surface area contributed by atoms with Gasteiger partial charge in [-0.2, -0.15) is 0 Å². The lowest BCUT2D eigenvalue weighted by atomic mass is 10.2. The largest absolute Gasteiger partial charge is 0.353 e. The standard InChI is InChI=1S/C18H22FN5O/c19-15-5-3-4-14-17(15)20-13-21-18(14)24-10-8-22(9-11-24)12-16(25)23-6-1-2-7-23/h3-5,13H,1-2,6-12H2. The lowest BCUT2D eigenvalue weighted by molar-refractivity contribution is -0.131. The maximum absolute atomic E-state index is 13.9. The number of likely N-dealkylation sites (tertiary alicyclic amines) is 1. The third-order valence-corrected chi connectivity index (χ3v) is 5.08. The van der Waals surface area contributed by atoms with Gasteiger partial charge in [0.15, 0.2) is 0 Å². The summed E-state index contributed by atoms with van der Waals surface area (Å²) in [7, 11) is 0. The number of benzene rings is 1. The van der Waals surface area contributed by atoms with Gasteiger partial charge >= 0.3 is 0 Å². The minimum atomic E-state index is -0.323. The van der Waals surface area contributed by atoms with Crippen molar-refractivity contribution in [3.05, 3.63) is 30.3 Å². The Hall–Kier alpha value is -2.28. The first-order valence-corrected chi connectivity index (χ1v) is 8.87. The van der Waals surface area contributed by atoms with Crippen LogP contribution in [0, 0.1) is 5.82 Å². The zero-order valence-electron chi connectivity index (χ0n) is 14.2. The average Bonchev–Trinajstić information content (AvgIpc) is 3.17. The Balaban J connectivity index is 1.42. The Labute approximate surface area is 146 Å². The van der Waals surface area contributed by atoms with Crippen LogP contribution in [0.5, 0.6) is 0 Å². The fourth-order valence-corrected chi connectivity index (χ4v) is 3.67. The zero-order valence-corrected chi connectivity index (χ0v) is 14.2. The molecule has 0 N–H and O–H groups in total. The molecule has 2 aliphatic rings. The Morgan fingerprint density at radius 3 is 2.56 bits per heavy atom. The van der Waals surface area contributed by atoms with Crippen molar-refractivity contribution in [2.45, 2.75) is 12.8 Å². The number of carbonyl (C=O) groups is 1. The molecule has 7 heteroatoms. The number of piperazine rings is 1. The van der Waals surface area contributed by atoms with Crippen molar-refractivity contribution < 1.29 is 9.18 Å². The summed E-state index contributed by atoms with van der Waals surface area (Å²) in [6, 6.07) is 4.97. The molecule has 2 saturated heterocycles. The lowest BCUT2D eigenvalue weighted by Crippen LogP contribution is -2.50. The second-order valence-corrected chi connectivity index (χ2v) is 6.68. The van der Waals surface area contributed by atoms with Crippen molar-refractivity contribution in [1.29, 1.82) is 0 Å². The van der Waals surface area contributed by atoms with Gasteiger partial charge in [-0.3, -0.25) is 9.69 Å². The van der Waals surface area contributed by atoms with Gasteiger partial charge in [0.1, 0.15) is 23.5 Å². The maximum atomic E-state index is 13.9. The summed E-state index contributed by atoms with van der Waals surface area (Å²) in [5, 5.41) is 0.740. The van der Waals surface area contributed by atoms with Gasteiger partial charge in [0, 0.05) is 44.7 Å². The molecule has 0 bridgehead atoms. The van der Waals surface area contributed by atoms with Gasteiger partial charge in [0.2, 0.25) is 5.91 Å². The highest BCUT2D eigenvalue weighted by Gasteiger charge is 2.24. The molecule has 1 aromatic carbocycles. The van der Waals surface area contributed by atoms with Crippen molar-refractivity contribution in [3.8, 4) is 0 Å². The first-order valence-electron chi connectivity index (χ1n) is 8.87. The first-order chi connectivity index (χ1) is 12.2. The summed E-state index contributed by atoms with van der Waals surface area (Å²) < 4.78 is 13.9. The van der Waals surface area contributed by atoms with E-state index in [9.17, 15) is 9.18 Å². The fraction of sp³-hybridized carbons (Fsp3) is 0.500. The van der Waals surface area contributed by atoms with E-state index in [1.807, 2.05) is 11.0 Å². The molecule has 6 nitrogen and oxygen atoms in total. The molecular weight excluding hydrogens is 321 g/mol. The van der Waals surface area contributed by atoms with E-state index in [1.54, 1.807) is 6.07 Å². The molecule has 4 rings (SSSR count). The molecule has 3 heterocycles.